The van der Waals surface area contributed by atoms with Gasteiger partial charge in [-0.25, -0.2) is 0 Å². The Bertz CT molecular complexity index is 612. The van der Waals surface area contributed by atoms with Crippen LogP contribution in [0.3, 0.4) is 0 Å². The van der Waals surface area contributed by atoms with Crippen LogP contribution in [0.2, 0.25) is 0 Å². The number of ether oxygens (including phenoxy) is 2. The van der Waals surface area contributed by atoms with Gasteiger partial charge in [-0.15, -0.1) is 0 Å². The molecule has 2 amide bonds. The van der Waals surface area contributed by atoms with Crippen molar-refractivity contribution in [3.05, 3.63) is 23.8 Å². The van der Waals surface area contributed by atoms with E-state index in [2.05, 4.69) is 10.6 Å². The van der Waals surface area contributed by atoms with Gasteiger partial charge >= 0.3 is 0 Å². The predicted octanol–water partition coefficient (Wildman–Crippen LogP) is 2.84. The van der Waals surface area contributed by atoms with Gasteiger partial charge in [0.25, 0.3) is 0 Å². The van der Waals surface area contributed by atoms with E-state index in [1.807, 2.05) is 6.07 Å². The zero-order valence-electron chi connectivity index (χ0n) is 16.5. The minimum atomic E-state index is -0.0846. The summed E-state index contributed by atoms with van der Waals surface area (Å²) in [5.74, 6) is 1.95. The van der Waals surface area contributed by atoms with Crippen molar-refractivity contribution in [3.63, 3.8) is 0 Å². The van der Waals surface area contributed by atoms with E-state index in [1.165, 1.54) is 32.1 Å². The quantitative estimate of drug-likeness (QED) is 0.616. The van der Waals surface area contributed by atoms with Crippen LogP contribution < -0.4 is 20.1 Å². The molecule has 1 aliphatic carbocycles. The van der Waals surface area contributed by atoms with Gasteiger partial charge in [-0.2, -0.15) is 0 Å². The van der Waals surface area contributed by atoms with E-state index in [9.17, 15) is 9.59 Å². The predicted molar refractivity (Wildman–Crippen MR) is 105 cm³/mol. The topological polar surface area (TPSA) is 76.7 Å². The van der Waals surface area contributed by atoms with Crippen molar-refractivity contribution in [3.8, 4) is 11.5 Å². The first-order valence-corrected chi connectivity index (χ1v) is 9.86. The van der Waals surface area contributed by atoms with E-state index in [4.69, 9.17) is 9.47 Å². The fourth-order valence-electron chi connectivity index (χ4n) is 3.54. The lowest BCUT2D eigenvalue weighted by Crippen LogP contribution is -2.35. The summed E-state index contributed by atoms with van der Waals surface area (Å²) in [4.78, 5) is 24.0. The molecule has 27 heavy (non-hydrogen) atoms. The third kappa shape index (κ3) is 7.49. The van der Waals surface area contributed by atoms with Gasteiger partial charge in [0.1, 0.15) is 0 Å². The first-order valence-electron chi connectivity index (χ1n) is 9.86. The van der Waals surface area contributed by atoms with E-state index in [0.29, 0.717) is 36.9 Å². The Morgan fingerprint density at radius 1 is 0.963 bits per heavy atom. The molecule has 0 atom stereocenters. The first-order chi connectivity index (χ1) is 13.1. The highest BCUT2D eigenvalue weighted by atomic mass is 16.5. The third-order valence-corrected chi connectivity index (χ3v) is 5.09. The molecule has 1 aromatic carbocycles. The number of methoxy groups -OCH3 is 2. The molecule has 0 radical (unpaired) electrons. The second-order valence-electron chi connectivity index (χ2n) is 7.11. The van der Waals surface area contributed by atoms with Crippen LogP contribution in [-0.4, -0.2) is 39.1 Å². The maximum absolute atomic E-state index is 12.0. The second kappa shape index (κ2) is 11.5. The molecule has 2 N–H and O–H groups in total. The molecule has 6 nitrogen and oxygen atoms in total. The number of hydrogen-bond donors (Lipinski definition) is 2. The highest BCUT2D eigenvalue weighted by molar-refractivity contribution is 5.79. The molecule has 6 heteroatoms. The Labute approximate surface area is 162 Å². The van der Waals surface area contributed by atoms with Crippen LogP contribution in [0.5, 0.6) is 11.5 Å². The Morgan fingerprint density at radius 2 is 1.63 bits per heavy atom. The zero-order chi connectivity index (χ0) is 19.5. The number of carbonyl (C=O) groups excluding carboxylic acids is 2. The molecule has 1 fully saturated rings. The van der Waals surface area contributed by atoms with Crippen molar-refractivity contribution < 1.29 is 19.1 Å². The number of rotatable bonds is 10. The minimum absolute atomic E-state index is 0.0784. The van der Waals surface area contributed by atoms with Crippen LogP contribution in [-0.2, 0) is 16.0 Å². The summed E-state index contributed by atoms with van der Waals surface area (Å²) in [7, 11) is 3.15. The summed E-state index contributed by atoms with van der Waals surface area (Å²) in [5, 5.41) is 5.72. The Kier molecular flexibility index (Phi) is 8.95. The van der Waals surface area contributed by atoms with Gasteiger partial charge in [0.2, 0.25) is 11.8 Å². The molecule has 2 rings (SSSR count). The summed E-state index contributed by atoms with van der Waals surface area (Å²) in [6.07, 6.45) is 8.30. The molecule has 1 saturated carbocycles. The highest BCUT2D eigenvalue weighted by Gasteiger charge is 2.14. The Hall–Kier alpha value is -2.24. The van der Waals surface area contributed by atoms with Gasteiger partial charge < -0.3 is 20.1 Å². The van der Waals surface area contributed by atoms with E-state index in [1.54, 1.807) is 26.4 Å². The zero-order valence-corrected chi connectivity index (χ0v) is 16.5. The monoisotopic (exact) mass is 376 g/mol. The molecular weight excluding hydrogens is 344 g/mol. The van der Waals surface area contributed by atoms with Gasteiger partial charge in [0.05, 0.1) is 20.6 Å². The molecule has 0 bridgehead atoms. The Balaban J connectivity index is 1.60. The normalized spacial score (nSPS) is 14.4. The summed E-state index contributed by atoms with van der Waals surface area (Å²) in [6.45, 7) is 0.891. The Morgan fingerprint density at radius 3 is 2.30 bits per heavy atom. The van der Waals surface area contributed by atoms with Gasteiger partial charge in [-0.3, -0.25) is 9.59 Å². The molecule has 0 unspecified atom stereocenters. The van der Waals surface area contributed by atoms with Crippen molar-refractivity contribution in [1.82, 2.24) is 10.6 Å². The maximum atomic E-state index is 12.0. The summed E-state index contributed by atoms with van der Waals surface area (Å²) < 4.78 is 10.4. The number of carbonyl (C=O) groups is 2. The molecule has 1 aliphatic rings. The van der Waals surface area contributed by atoms with Crippen LogP contribution in [0.25, 0.3) is 0 Å². The summed E-state index contributed by atoms with van der Waals surface area (Å²) in [6, 6.07) is 5.42. The first kappa shape index (κ1) is 21.1. The van der Waals surface area contributed by atoms with Gasteiger partial charge in [0.15, 0.2) is 11.5 Å². The highest BCUT2D eigenvalue weighted by Crippen LogP contribution is 2.28. The van der Waals surface area contributed by atoms with Crippen molar-refractivity contribution in [2.45, 2.75) is 51.4 Å². The molecule has 150 valence electrons. The van der Waals surface area contributed by atoms with Crippen LogP contribution in [0, 0.1) is 5.92 Å². The molecule has 0 aliphatic heterocycles. The second-order valence-corrected chi connectivity index (χ2v) is 7.11. The van der Waals surface area contributed by atoms with Crippen LogP contribution in [0.1, 0.15) is 50.5 Å². The molecule has 0 heterocycles. The van der Waals surface area contributed by atoms with Crippen molar-refractivity contribution >= 4 is 11.8 Å². The molecule has 0 spiro atoms. The SMILES string of the molecule is COc1ccc(CC(=O)NCCNC(=O)CCC2CCCCC2)cc1OC. The summed E-state index contributed by atoms with van der Waals surface area (Å²) >= 11 is 0. The number of nitrogens with one attached hydrogen (secondary N) is 2. The third-order valence-electron chi connectivity index (χ3n) is 5.09. The largest absolute Gasteiger partial charge is 0.493 e. The molecule has 0 saturated heterocycles. The summed E-state index contributed by atoms with van der Waals surface area (Å²) in [5.41, 5.74) is 0.849. The minimum Gasteiger partial charge on any atom is -0.493 e. The number of amides is 2. The molecular formula is C21H32N2O4. The standard InChI is InChI=1S/C21H32N2O4/c1-26-18-10-8-17(14-19(18)27-2)15-21(25)23-13-12-22-20(24)11-9-16-6-4-3-5-7-16/h8,10,14,16H,3-7,9,11-13,15H2,1-2H3,(H,22,24)(H,23,25). The van der Waals surface area contributed by atoms with Crippen LogP contribution >= 0.6 is 0 Å². The molecule has 0 aromatic heterocycles. The van der Waals surface area contributed by atoms with Crippen molar-refractivity contribution in [1.29, 1.82) is 0 Å². The fourth-order valence-corrected chi connectivity index (χ4v) is 3.54. The van der Waals surface area contributed by atoms with E-state index >= 15 is 0 Å². The van der Waals surface area contributed by atoms with Gasteiger partial charge in [-0.05, 0) is 30.0 Å². The lowest BCUT2D eigenvalue weighted by atomic mass is 9.86. The lowest BCUT2D eigenvalue weighted by Gasteiger charge is -2.20. The van der Waals surface area contributed by atoms with Crippen molar-refractivity contribution in [2.75, 3.05) is 27.3 Å². The van der Waals surface area contributed by atoms with Crippen LogP contribution in [0.15, 0.2) is 18.2 Å². The van der Waals surface area contributed by atoms with Crippen molar-refractivity contribution in [2.24, 2.45) is 5.92 Å². The van der Waals surface area contributed by atoms with E-state index < -0.39 is 0 Å². The smallest absolute Gasteiger partial charge is 0.224 e. The maximum Gasteiger partial charge on any atom is 0.224 e. The lowest BCUT2D eigenvalue weighted by molar-refractivity contribution is -0.122. The van der Waals surface area contributed by atoms with E-state index in [0.717, 1.165) is 12.0 Å². The van der Waals surface area contributed by atoms with Gasteiger partial charge in [-0.1, -0.05) is 38.2 Å². The fraction of sp³-hybridized carbons (Fsp3) is 0.619. The van der Waals surface area contributed by atoms with E-state index in [-0.39, 0.29) is 18.2 Å². The number of hydrogen-bond acceptors (Lipinski definition) is 4. The average molecular weight is 376 g/mol. The van der Waals surface area contributed by atoms with Gasteiger partial charge in [0, 0.05) is 19.5 Å². The molecule has 1 aromatic rings. The average Bonchev–Trinajstić information content (AvgIpc) is 2.70. The van der Waals surface area contributed by atoms with Crippen LogP contribution in [0.4, 0.5) is 0 Å². The number of benzene rings is 1.